The molecular weight excluding hydrogens is 737 g/mol. The second kappa shape index (κ2) is 13.6. The number of fused-ring (bicyclic) bond motifs is 12. The van der Waals surface area contributed by atoms with Crippen molar-refractivity contribution in [2.24, 2.45) is 20.0 Å². The van der Waals surface area contributed by atoms with Crippen LogP contribution in [0.15, 0.2) is 75.9 Å². The van der Waals surface area contributed by atoms with Crippen LogP contribution in [0.3, 0.4) is 0 Å². The van der Waals surface area contributed by atoms with E-state index in [1.54, 1.807) is 0 Å². The minimum atomic E-state index is 0.936. The molecule has 0 fully saturated rings. The van der Waals surface area contributed by atoms with Crippen LogP contribution in [0.4, 0.5) is 0 Å². The topological polar surface area (TPSA) is 113 Å². The van der Waals surface area contributed by atoms with Gasteiger partial charge in [-0.1, -0.05) is 0 Å². The zero-order chi connectivity index (χ0) is 43.0. The summed E-state index contributed by atoms with van der Waals surface area (Å²) < 4.78 is 0. The first-order chi connectivity index (χ1) is 28.4. The summed E-state index contributed by atoms with van der Waals surface area (Å²) in [6.07, 6.45) is 8.82. The maximum absolute atomic E-state index is 5.31. The Bertz CT molecular complexity index is 3320. The van der Waals surface area contributed by atoms with E-state index in [4.69, 9.17) is 20.0 Å². The van der Waals surface area contributed by atoms with Crippen LogP contribution in [-0.2, 0) is 0 Å². The van der Waals surface area contributed by atoms with Crippen molar-refractivity contribution >= 4 is 58.5 Å². The van der Waals surface area contributed by atoms with E-state index < -0.39 is 0 Å². The first kappa shape index (κ1) is 39.2. The third-order valence-electron chi connectivity index (χ3n) is 14.6. The van der Waals surface area contributed by atoms with Crippen LogP contribution in [0.1, 0.15) is 99.9 Å². The van der Waals surface area contributed by atoms with Gasteiger partial charge in [0.1, 0.15) is 0 Å². The van der Waals surface area contributed by atoms with Gasteiger partial charge in [0.15, 0.2) is 0 Å². The van der Waals surface area contributed by atoms with Gasteiger partial charge in [-0.2, -0.15) is 0 Å². The quantitative estimate of drug-likeness (QED) is 0.149. The molecule has 4 aromatic rings. The first-order valence-electron chi connectivity index (χ1n) is 21.1. The third kappa shape index (κ3) is 5.63. The summed E-state index contributed by atoms with van der Waals surface area (Å²) in [5.74, 6) is 0. The van der Waals surface area contributed by atoms with Gasteiger partial charge >= 0.3 is 0 Å². The SMILES string of the molecule is CC1=C(C)C2=C3N=C(C=c4[nH]c(c(C)c4C)=C4N=C(C=c5[nH]c(c(C)c5C)=c5[nH]c(c(C)c5C)=CC5=NC(=c6[nH]c(c(C)c6C)=CC1=N2)C(C)=C5C)C(C)=C4C)C(C)=C3C. The van der Waals surface area contributed by atoms with Crippen LogP contribution >= 0.6 is 0 Å². The molecule has 0 aliphatic carbocycles. The van der Waals surface area contributed by atoms with Gasteiger partial charge in [-0.15, -0.1) is 0 Å². The maximum Gasteiger partial charge on any atom is 0.0929 e. The summed E-state index contributed by atoms with van der Waals surface area (Å²) >= 11 is 0. The largest absolute Gasteiger partial charge is 0.353 e. The van der Waals surface area contributed by atoms with Crippen molar-refractivity contribution in [3.63, 3.8) is 0 Å². The van der Waals surface area contributed by atoms with Crippen LogP contribution in [-0.4, -0.2) is 42.8 Å². The molecule has 16 bridgehead atoms. The highest BCUT2D eigenvalue weighted by Crippen LogP contribution is 2.36. The van der Waals surface area contributed by atoms with Gasteiger partial charge in [-0.3, -0.25) is 0 Å². The summed E-state index contributed by atoms with van der Waals surface area (Å²) in [5, 5.41) is 8.52. The van der Waals surface area contributed by atoms with E-state index in [0.29, 0.717) is 0 Å². The fourth-order valence-electron chi connectivity index (χ4n) is 9.09. The number of aromatic nitrogens is 4. The Balaban J connectivity index is 1.38. The van der Waals surface area contributed by atoms with E-state index >= 15 is 0 Å². The first-order valence-corrected chi connectivity index (χ1v) is 21.1. The Morgan fingerprint density at radius 1 is 0.250 bits per heavy atom. The van der Waals surface area contributed by atoms with E-state index in [0.717, 1.165) is 111 Å². The number of H-pyrrole nitrogens is 4. The van der Waals surface area contributed by atoms with E-state index in [1.807, 2.05) is 0 Å². The lowest BCUT2D eigenvalue weighted by Crippen LogP contribution is -2.15. The molecule has 8 nitrogen and oxygen atoms in total. The predicted molar refractivity (Wildman–Crippen MR) is 251 cm³/mol. The van der Waals surface area contributed by atoms with Gasteiger partial charge < -0.3 is 19.9 Å². The Kier molecular flexibility index (Phi) is 8.90. The maximum atomic E-state index is 5.31. The lowest BCUT2D eigenvalue weighted by atomic mass is 10.0. The highest BCUT2D eigenvalue weighted by Gasteiger charge is 2.26. The summed E-state index contributed by atoms with van der Waals surface area (Å²) in [7, 11) is 0. The van der Waals surface area contributed by atoms with Crippen molar-refractivity contribution < 1.29 is 0 Å². The van der Waals surface area contributed by atoms with Gasteiger partial charge in [0.2, 0.25) is 0 Å². The average molecular weight is 793 g/mol. The van der Waals surface area contributed by atoms with Crippen LogP contribution in [0.25, 0.3) is 35.7 Å². The summed E-state index contributed by atoms with van der Waals surface area (Å²) in [5.41, 5.74) is 26.6. The molecule has 0 saturated carbocycles. The fraction of sp³-hybridized carbons (Fsp3) is 0.308. The van der Waals surface area contributed by atoms with Crippen molar-refractivity contribution in [1.82, 2.24) is 19.9 Å². The molecule has 0 amide bonds. The molecule has 9 rings (SSSR count). The zero-order valence-electron chi connectivity index (χ0n) is 38.1. The lowest BCUT2D eigenvalue weighted by molar-refractivity contribution is 1.15. The number of allylic oxidation sites excluding steroid dienone is 6. The number of aromatic amines is 4. The number of hydrogen-bond acceptors (Lipinski definition) is 4. The van der Waals surface area contributed by atoms with E-state index in [1.165, 1.54) is 66.8 Å². The Morgan fingerprint density at radius 2 is 0.467 bits per heavy atom. The van der Waals surface area contributed by atoms with E-state index in [2.05, 4.69) is 155 Å². The molecule has 5 aliphatic rings. The van der Waals surface area contributed by atoms with Crippen LogP contribution < -0.4 is 32.1 Å². The van der Waals surface area contributed by atoms with Crippen molar-refractivity contribution in [3.05, 3.63) is 143 Å². The highest BCUT2D eigenvalue weighted by atomic mass is 14.9. The van der Waals surface area contributed by atoms with Gasteiger partial charge in [-0.25, -0.2) is 20.0 Å². The molecule has 0 unspecified atom stereocenters. The van der Waals surface area contributed by atoms with Crippen molar-refractivity contribution in [1.29, 1.82) is 0 Å². The van der Waals surface area contributed by atoms with Gasteiger partial charge in [-0.05, 0) is 224 Å². The van der Waals surface area contributed by atoms with Crippen LogP contribution in [0.5, 0.6) is 0 Å². The minimum Gasteiger partial charge on any atom is -0.353 e. The normalized spacial score (nSPS) is 17.9. The van der Waals surface area contributed by atoms with Gasteiger partial charge in [0.25, 0.3) is 0 Å². The predicted octanol–water partition coefficient (Wildman–Crippen LogP) is 6.88. The minimum absolute atomic E-state index is 0.936. The molecule has 4 N–H and O–H groups in total. The lowest BCUT2D eigenvalue weighted by Gasteiger charge is -2.03. The molecule has 0 saturated heterocycles. The number of hydrogen-bond donors (Lipinski definition) is 4. The second-order valence-electron chi connectivity index (χ2n) is 17.6. The molecule has 0 spiro atoms. The summed E-state index contributed by atoms with van der Waals surface area (Å²) in [6.45, 7) is 35.0. The summed E-state index contributed by atoms with van der Waals surface area (Å²) in [6, 6.07) is 0. The Labute approximate surface area is 351 Å². The highest BCUT2D eigenvalue weighted by molar-refractivity contribution is 6.27. The molecule has 5 aliphatic heterocycles. The molecule has 0 aromatic carbocycles. The second-order valence-corrected chi connectivity index (χ2v) is 17.6. The Hall–Kier alpha value is -6.28. The monoisotopic (exact) mass is 792 g/mol. The zero-order valence-corrected chi connectivity index (χ0v) is 38.1. The van der Waals surface area contributed by atoms with Crippen molar-refractivity contribution in [2.75, 3.05) is 0 Å². The van der Waals surface area contributed by atoms with E-state index in [-0.39, 0.29) is 0 Å². The fourth-order valence-corrected chi connectivity index (χ4v) is 9.09. The molecule has 304 valence electrons. The molecule has 8 heteroatoms. The molecular formula is C52H56N8. The molecule has 0 atom stereocenters. The van der Waals surface area contributed by atoms with Crippen LogP contribution in [0, 0.1) is 66.1 Å². The molecule has 0 radical (unpaired) electrons. The smallest absolute Gasteiger partial charge is 0.0929 e. The molecule has 60 heavy (non-hydrogen) atoms. The summed E-state index contributed by atoms with van der Waals surface area (Å²) in [4.78, 5) is 36.4. The number of rotatable bonds is 0. The number of nitrogens with zero attached hydrogens (tertiary/aromatic N) is 4. The Morgan fingerprint density at radius 3 is 0.750 bits per heavy atom. The number of aliphatic imine (C=N–C) groups is 4. The van der Waals surface area contributed by atoms with Crippen LogP contribution in [0.2, 0.25) is 0 Å². The van der Waals surface area contributed by atoms with Crippen molar-refractivity contribution in [2.45, 2.75) is 111 Å². The average Bonchev–Trinajstić information content (AvgIpc) is 4.08. The van der Waals surface area contributed by atoms with E-state index in [9.17, 15) is 0 Å². The van der Waals surface area contributed by atoms with Gasteiger partial charge in [0, 0.05) is 21.4 Å². The van der Waals surface area contributed by atoms with Crippen molar-refractivity contribution in [3.8, 4) is 0 Å². The third-order valence-corrected chi connectivity index (χ3v) is 14.6. The molecule has 4 aromatic heterocycles. The number of nitrogens with one attached hydrogen (secondary N) is 4. The molecule has 9 heterocycles. The standard InChI is InChI=1S/C52H56N8/c1-21-29(9)45-46-30(10)23(3)39(55-46)18-40-25(5)33(13)49(57-40)50-34(14)27(7)43(59-50)20-44-28(8)36(16)52(60-44)51-35(15)26(6)42(58-51)19-41-24(4)32(12)48(56-41)47-31(11)22(2)38(54-47)17-37(21)53-45/h17-20,53,55-56,59H,1-16H3. The van der Waals surface area contributed by atoms with Gasteiger partial charge in [0.05, 0.1) is 67.0 Å².